The molecule has 8 nitrogen and oxygen atoms in total. The molecule has 0 unspecified atom stereocenters. The summed E-state index contributed by atoms with van der Waals surface area (Å²) >= 11 is 6.79. The summed E-state index contributed by atoms with van der Waals surface area (Å²) in [6.07, 6.45) is 4.10. The number of aromatic nitrogens is 4. The Morgan fingerprint density at radius 2 is 2.38 bits per heavy atom. The van der Waals surface area contributed by atoms with Gasteiger partial charge in [-0.05, 0) is 0 Å². The van der Waals surface area contributed by atoms with Crippen LogP contribution in [0.1, 0.15) is 0 Å². The van der Waals surface area contributed by atoms with Crippen LogP contribution in [-0.4, -0.2) is 25.0 Å². The smallest absolute Gasteiger partial charge is 0.301 e. The molecule has 10 heteroatoms. The highest BCUT2D eigenvalue weighted by atomic mass is 35.5. The molecule has 0 aromatic carbocycles. The minimum Gasteiger partial charge on any atom is -0.310 e. The Labute approximate surface area is 97.8 Å². The summed E-state index contributed by atoms with van der Waals surface area (Å²) < 4.78 is 0.606. The van der Waals surface area contributed by atoms with Crippen LogP contribution in [-0.2, 0) is 0 Å². The molecule has 1 N–H and O–H groups in total. The molecule has 0 aliphatic heterocycles. The van der Waals surface area contributed by atoms with Crippen molar-refractivity contribution in [3.63, 3.8) is 0 Å². The third-order valence-corrected chi connectivity index (χ3v) is 2.02. The van der Waals surface area contributed by atoms with Gasteiger partial charge in [-0.25, -0.2) is 20.1 Å². The minimum absolute atomic E-state index is 0.0694. The molecule has 0 spiro atoms. The SMILES string of the molecule is Clc1nccs1.O=[N+]([O-])N=c1ncnc[nH]1. The lowest BCUT2D eigenvalue weighted by Crippen LogP contribution is -2.13. The minimum atomic E-state index is -0.834. The van der Waals surface area contributed by atoms with E-state index < -0.39 is 5.03 Å². The van der Waals surface area contributed by atoms with Gasteiger partial charge in [0.2, 0.25) is 0 Å². The van der Waals surface area contributed by atoms with Crippen molar-refractivity contribution in [1.29, 1.82) is 0 Å². The van der Waals surface area contributed by atoms with Gasteiger partial charge in [0.15, 0.2) is 9.50 Å². The Hall–Kier alpha value is -1.87. The average Bonchev–Trinajstić information content (AvgIpc) is 2.71. The molecule has 84 valence electrons. The third-order valence-electron chi connectivity index (χ3n) is 1.09. The summed E-state index contributed by atoms with van der Waals surface area (Å²) in [5.41, 5.74) is -0.0694. The zero-order valence-corrected chi connectivity index (χ0v) is 9.22. The molecule has 2 aromatic heterocycles. The van der Waals surface area contributed by atoms with Crippen molar-refractivity contribution in [3.05, 3.63) is 44.4 Å². The fraction of sp³-hybridized carbons (Fsp3) is 0. The molecular weight excluding hydrogens is 256 g/mol. The maximum absolute atomic E-state index is 9.73. The lowest BCUT2D eigenvalue weighted by molar-refractivity contribution is -0.491. The molecule has 0 saturated carbocycles. The highest BCUT2D eigenvalue weighted by Crippen LogP contribution is 2.08. The highest BCUT2D eigenvalue weighted by Gasteiger charge is 1.87. The molecular formula is C6H5ClN6O2S. The van der Waals surface area contributed by atoms with E-state index in [1.807, 2.05) is 5.38 Å². The first kappa shape index (κ1) is 12.2. The largest absolute Gasteiger partial charge is 0.310 e. The predicted octanol–water partition coefficient (Wildman–Crippen LogP) is 0.694. The molecule has 2 heterocycles. The number of aromatic amines is 1. The van der Waals surface area contributed by atoms with Crippen LogP contribution in [0.25, 0.3) is 0 Å². The monoisotopic (exact) mass is 260 g/mol. The average molecular weight is 261 g/mol. The van der Waals surface area contributed by atoms with E-state index in [9.17, 15) is 10.1 Å². The molecule has 2 rings (SSSR count). The Balaban J connectivity index is 0.000000181. The quantitative estimate of drug-likeness (QED) is 0.599. The van der Waals surface area contributed by atoms with Gasteiger partial charge in [-0.1, -0.05) is 11.6 Å². The van der Waals surface area contributed by atoms with Crippen molar-refractivity contribution in [1.82, 2.24) is 19.9 Å². The molecule has 0 aliphatic rings. The van der Waals surface area contributed by atoms with Gasteiger partial charge in [-0.3, -0.25) is 0 Å². The first-order valence-electron chi connectivity index (χ1n) is 3.77. The lowest BCUT2D eigenvalue weighted by Gasteiger charge is -1.78. The number of nitro groups is 1. The number of hydrogen-bond acceptors (Lipinski definition) is 6. The number of halogens is 1. The van der Waals surface area contributed by atoms with Crippen LogP contribution >= 0.6 is 22.9 Å². The molecule has 0 aliphatic carbocycles. The van der Waals surface area contributed by atoms with Crippen molar-refractivity contribution in [2.75, 3.05) is 0 Å². The van der Waals surface area contributed by atoms with E-state index in [0.29, 0.717) is 4.47 Å². The van der Waals surface area contributed by atoms with E-state index in [4.69, 9.17) is 11.6 Å². The number of nitrogens with one attached hydrogen (secondary N) is 1. The summed E-state index contributed by atoms with van der Waals surface area (Å²) in [6.45, 7) is 0. The fourth-order valence-electron chi connectivity index (χ4n) is 0.592. The molecule has 0 saturated heterocycles. The Kier molecular flexibility index (Phi) is 5.02. The third kappa shape index (κ3) is 5.12. The standard InChI is InChI=1S/C3H2ClNS.C3H3N5O2/c4-3-5-1-2-6-3;9-8(10)7-3-5-1-4-2-6-3/h1-2H;1-2H,(H,4,5,6,7). The van der Waals surface area contributed by atoms with Crippen LogP contribution in [0.3, 0.4) is 0 Å². The Morgan fingerprint density at radius 1 is 1.56 bits per heavy atom. The van der Waals surface area contributed by atoms with Crippen LogP contribution < -0.4 is 5.62 Å². The molecule has 16 heavy (non-hydrogen) atoms. The zero-order chi connectivity index (χ0) is 11.8. The maximum Gasteiger partial charge on any atom is 0.301 e. The summed E-state index contributed by atoms with van der Waals surface area (Å²) in [5.74, 6) is 0. The zero-order valence-electron chi connectivity index (χ0n) is 7.65. The molecule has 0 amide bonds. The fourth-order valence-corrected chi connectivity index (χ4v) is 1.16. The lowest BCUT2D eigenvalue weighted by atomic mass is 11.0. The normalized spacial score (nSPS) is 10.4. The van der Waals surface area contributed by atoms with Crippen molar-refractivity contribution in [2.45, 2.75) is 0 Å². The van der Waals surface area contributed by atoms with Gasteiger partial charge < -0.3 is 4.98 Å². The van der Waals surface area contributed by atoms with Gasteiger partial charge >= 0.3 is 5.62 Å². The van der Waals surface area contributed by atoms with Crippen molar-refractivity contribution in [2.24, 2.45) is 5.10 Å². The molecule has 0 atom stereocenters. The summed E-state index contributed by atoms with van der Waals surface area (Å²) in [6, 6.07) is 0. The van der Waals surface area contributed by atoms with E-state index in [1.165, 1.54) is 24.0 Å². The molecule has 2 aromatic rings. The van der Waals surface area contributed by atoms with Gasteiger partial charge in [0.1, 0.15) is 11.4 Å². The van der Waals surface area contributed by atoms with E-state index in [-0.39, 0.29) is 5.62 Å². The number of thiazole rings is 1. The second kappa shape index (κ2) is 6.58. The van der Waals surface area contributed by atoms with Crippen molar-refractivity contribution < 1.29 is 5.03 Å². The molecule has 0 radical (unpaired) electrons. The van der Waals surface area contributed by atoms with Crippen molar-refractivity contribution >= 4 is 22.9 Å². The summed E-state index contributed by atoms with van der Waals surface area (Å²) in [4.78, 5) is 22.7. The summed E-state index contributed by atoms with van der Waals surface area (Å²) in [5, 5.41) is 13.6. The van der Waals surface area contributed by atoms with Crippen LogP contribution in [0.4, 0.5) is 0 Å². The van der Waals surface area contributed by atoms with Crippen LogP contribution in [0, 0.1) is 10.1 Å². The first-order valence-corrected chi connectivity index (χ1v) is 5.03. The van der Waals surface area contributed by atoms with Gasteiger partial charge in [0.05, 0.1) is 6.33 Å². The van der Waals surface area contributed by atoms with E-state index in [0.717, 1.165) is 0 Å². The van der Waals surface area contributed by atoms with E-state index in [1.54, 1.807) is 6.20 Å². The number of hydrogen-bond donors (Lipinski definition) is 1. The molecule has 0 fully saturated rings. The number of rotatable bonds is 1. The second-order valence-electron chi connectivity index (χ2n) is 2.11. The maximum atomic E-state index is 9.73. The van der Waals surface area contributed by atoms with Gasteiger partial charge in [0.25, 0.3) is 0 Å². The second-order valence-corrected chi connectivity index (χ2v) is 3.59. The predicted molar refractivity (Wildman–Crippen MR) is 56.1 cm³/mol. The van der Waals surface area contributed by atoms with Gasteiger partial charge in [-0.2, -0.15) is 4.98 Å². The van der Waals surface area contributed by atoms with Crippen LogP contribution in [0.2, 0.25) is 4.47 Å². The first-order chi connectivity index (χ1) is 7.68. The topological polar surface area (TPSA) is 110 Å². The molecule has 0 bridgehead atoms. The summed E-state index contributed by atoms with van der Waals surface area (Å²) in [7, 11) is 0. The van der Waals surface area contributed by atoms with E-state index in [2.05, 4.69) is 25.0 Å². The van der Waals surface area contributed by atoms with Crippen LogP contribution in [0.15, 0.2) is 29.3 Å². The van der Waals surface area contributed by atoms with Crippen molar-refractivity contribution in [3.8, 4) is 0 Å². The van der Waals surface area contributed by atoms with Gasteiger partial charge in [-0.15, -0.1) is 11.3 Å². The number of H-pyrrole nitrogens is 1. The number of nitrogens with zero attached hydrogens (tertiary/aromatic N) is 5. The van der Waals surface area contributed by atoms with E-state index >= 15 is 0 Å². The van der Waals surface area contributed by atoms with Crippen LogP contribution in [0.5, 0.6) is 0 Å². The van der Waals surface area contributed by atoms with Gasteiger partial charge in [0, 0.05) is 11.6 Å². The Bertz CT molecular complexity index is 480. The highest BCUT2D eigenvalue weighted by molar-refractivity contribution is 7.13. The Morgan fingerprint density at radius 3 is 2.75 bits per heavy atom.